The lowest BCUT2D eigenvalue weighted by Crippen LogP contribution is -1.94. The Labute approximate surface area is 99.3 Å². The molecular formula is C13H15BrO. The van der Waals surface area contributed by atoms with Crippen molar-refractivity contribution in [2.24, 2.45) is 0 Å². The van der Waals surface area contributed by atoms with Crippen LogP contribution in [0.2, 0.25) is 0 Å². The summed E-state index contributed by atoms with van der Waals surface area (Å²) < 4.78 is 1.05. The summed E-state index contributed by atoms with van der Waals surface area (Å²) >= 11 is 3.44. The van der Waals surface area contributed by atoms with Gasteiger partial charge >= 0.3 is 0 Å². The Hall–Kier alpha value is -0.890. The maximum atomic E-state index is 11.5. The molecule has 2 rings (SSSR count). The molecule has 1 nitrogen and oxygen atoms in total. The van der Waals surface area contributed by atoms with Crippen molar-refractivity contribution in [3.63, 3.8) is 0 Å². The van der Waals surface area contributed by atoms with E-state index in [0.29, 0.717) is 6.42 Å². The predicted octanol–water partition coefficient (Wildman–Crippen LogP) is 4.18. The number of hydrogen-bond donors (Lipinski definition) is 0. The van der Waals surface area contributed by atoms with Gasteiger partial charge in [-0.05, 0) is 12.0 Å². The number of carbonyl (C=O) groups is 1. The molecule has 0 radical (unpaired) electrons. The summed E-state index contributed by atoms with van der Waals surface area (Å²) in [4.78, 5) is 11.5. The van der Waals surface area contributed by atoms with Gasteiger partial charge in [-0.1, -0.05) is 60.1 Å². The number of halogens is 1. The standard InChI is InChI=1S/C11H9BrO.C2H6/c12-9-6-7-10(13)11(9)8-4-2-1-3-5-8;1-2/h1-5H,6-7H2;1-2H3. The summed E-state index contributed by atoms with van der Waals surface area (Å²) in [6, 6.07) is 9.81. The average molecular weight is 267 g/mol. The molecule has 80 valence electrons. The van der Waals surface area contributed by atoms with Gasteiger partial charge < -0.3 is 0 Å². The second-order valence-electron chi connectivity index (χ2n) is 3.07. The van der Waals surface area contributed by atoms with Crippen molar-refractivity contribution in [2.45, 2.75) is 26.7 Å². The van der Waals surface area contributed by atoms with Crippen LogP contribution in [-0.2, 0) is 4.79 Å². The number of allylic oxidation sites excluding steroid dienone is 2. The van der Waals surface area contributed by atoms with E-state index < -0.39 is 0 Å². The zero-order chi connectivity index (χ0) is 11.3. The average Bonchev–Trinajstić information content (AvgIpc) is 2.63. The lowest BCUT2D eigenvalue weighted by atomic mass is 10.1. The maximum absolute atomic E-state index is 11.5. The molecule has 1 aliphatic carbocycles. The lowest BCUT2D eigenvalue weighted by molar-refractivity contribution is -0.113. The van der Waals surface area contributed by atoms with E-state index in [1.54, 1.807) is 0 Å². The Kier molecular flexibility index (Phi) is 4.76. The zero-order valence-corrected chi connectivity index (χ0v) is 10.7. The molecular weight excluding hydrogens is 252 g/mol. The van der Waals surface area contributed by atoms with Crippen molar-refractivity contribution in [2.75, 3.05) is 0 Å². The van der Waals surface area contributed by atoms with Crippen molar-refractivity contribution < 1.29 is 4.79 Å². The largest absolute Gasteiger partial charge is 0.294 e. The van der Waals surface area contributed by atoms with Gasteiger partial charge in [0.25, 0.3) is 0 Å². The Morgan fingerprint density at radius 2 is 1.67 bits per heavy atom. The molecule has 0 unspecified atom stereocenters. The van der Waals surface area contributed by atoms with Crippen molar-refractivity contribution in [3.8, 4) is 0 Å². The first kappa shape index (κ1) is 12.2. The van der Waals surface area contributed by atoms with Gasteiger partial charge in [-0.15, -0.1) is 0 Å². The van der Waals surface area contributed by atoms with Gasteiger partial charge in [0.1, 0.15) is 0 Å². The molecule has 0 saturated heterocycles. The molecule has 15 heavy (non-hydrogen) atoms. The third-order valence-electron chi connectivity index (χ3n) is 2.18. The predicted molar refractivity (Wildman–Crippen MR) is 67.9 cm³/mol. The Bertz CT molecular complexity index is 365. The van der Waals surface area contributed by atoms with Crippen LogP contribution in [0.3, 0.4) is 0 Å². The van der Waals surface area contributed by atoms with Gasteiger partial charge in [-0.25, -0.2) is 0 Å². The summed E-state index contributed by atoms with van der Waals surface area (Å²) in [7, 11) is 0. The number of rotatable bonds is 1. The van der Waals surface area contributed by atoms with Crippen molar-refractivity contribution in [3.05, 3.63) is 40.4 Å². The highest BCUT2D eigenvalue weighted by Gasteiger charge is 2.22. The molecule has 1 aromatic carbocycles. The summed E-state index contributed by atoms with van der Waals surface area (Å²) in [5.41, 5.74) is 1.89. The normalized spacial score (nSPS) is 15.0. The summed E-state index contributed by atoms with van der Waals surface area (Å²) in [5, 5.41) is 0. The minimum absolute atomic E-state index is 0.248. The number of carbonyl (C=O) groups excluding carboxylic acids is 1. The Morgan fingerprint density at radius 3 is 2.13 bits per heavy atom. The van der Waals surface area contributed by atoms with Gasteiger partial charge in [0, 0.05) is 16.5 Å². The van der Waals surface area contributed by atoms with Crippen molar-refractivity contribution >= 4 is 27.3 Å². The number of benzene rings is 1. The number of hydrogen-bond acceptors (Lipinski definition) is 1. The highest BCUT2D eigenvalue weighted by Crippen LogP contribution is 2.34. The third-order valence-corrected chi connectivity index (χ3v) is 2.98. The zero-order valence-electron chi connectivity index (χ0n) is 9.09. The molecule has 0 amide bonds. The number of ketones is 1. The van der Waals surface area contributed by atoms with Gasteiger partial charge in [0.05, 0.1) is 0 Å². The minimum atomic E-state index is 0.248. The van der Waals surface area contributed by atoms with Gasteiger partial charge in [0.2, 0.25) is 0 Å². The van der Waals surface area contributed by atoms with E-state index in [1.165, 1.54) is 0 Å². The fraction of sp³-hybridized carbons (Fsp3) is 0.308. The van der Waals surface area contributed by atoms with Crippen LogP contribution in [0.4, 0.5) is 0 Å². The summed E-state index contributed by atoms with van der Waals surface area (Å²) in [6.45, 7) is 4.00. The summed E-state index contributed by atoms with van der Waals surface area (Å²) in [5.74, 6) is 0.248. The van der Waals surface area contributed by atoms with Crippen LogP contribution < -0.4 is 0 Å². The van der Waals surface area contributed by atoms with E-state index >= 15 is 0 Å². The van der Waals surface area contributed by atoms with E-state index in [4.69, 9.17) is 0 Å². The van der Waals surface area contributed by atoms with Crippen molar-refractivity contribution in [1.29, 1.82) is 0 Å². The fourth-order valence-electron chi connectivity index (χ4n) is 1.55. The molecule has 0 saturated carbocycles. The Morgan fingerprint density at radius 1 is 1.07 bits per heavy atom. The van der Waals surface area contributed by atoms with Crippen LogP contribution in [0, 0.1) is 0 Å². The molecule has 0 spiro atoms. The quantitative estimate of drug-likeness (QED) is 0.745. The van der Waals surface area contributed by atoms with Crippen LogP contribution in [0.15, 0.2) is 34.8 Å². The molecule has 2 heteroatoms. The third kappa shape index (κ3) is 2.78. The summed E-state index contributed by atoms with van der Waals surface area (Å²) in [6.07, 6.45) is 1.49. The number of Topliss-reactive ketones (excluding diaryl/α,β-unsaturated/α-hetero) is 1. The smallest absolute Gasteiger partial charge is 0.164 e. The van der Waals surface area contributed by atoms with Crippen LogP contribution in [-0.4, -0.2) is 5.78 Å². The first-order valence-electron chi connectivity index (χ1n) is 5.26. The fourth-order valence-corrected chi connectivity index (χ4v) is 2.20. The molecule has 0 atom stereocenters. The molecule has 0 N–H and O–H groups in total. The molecule has 0 fully saturated rings. The van der Waals surface area contributed by atoms with Crippen LogP contribution in [0.1, 0.15) is 32.3 Å². The van der Waals surface area contributed by atoms with Crippen LogP contribution in [0.25, 0.3) is 5.57 Å². The van der Waals surface area contributed by atoms with Gasteiger partial charge in [-0.2, -0.15) is 0 Å². The SMILES string of the molecule is CC.O=C1CCC(Br)=C1c1ccccc1. The molecule has 0 aliphatic heterocycles. The minimum Gasteiger partial charge on any atom is -0.294 e. The maximum Gasteiger partial charge on any atom is 0.164 e. The van der Waals surface area contributed by atoms with E-state index in [9.17, 15) is 4.79 Å². The molecule has 0 heterocycles. The highest BCUT2D eigenvalue weighted by atomic mass is 79.9. The van der Waals surface area contributed by atoms with E-state index in [2.05, 4.69) is 15.9 Å². The Balaban J connectivity index is 0.000000531. The molecule has 0 aromatic heterocycles. The second-order valence-corrected chi connectivity index (χ2v) is 4.03. The monoisotopic (exact) mass is 266 g/mol. The van der Waals surface area contributed by atoms with Gasteiger partial charge in [-0.3, -0.25) is 4.79 Å². The molecule has 0 bridgehead atoms. The first-order chi connectivity index (χ1) is 7.29. The molecule has 1 aliphatic rings. The van der Waals surface area contributed by atoms with E-state index in [-0.39, 0.29) is 5.78 Å². The topological polar surface area (TPSA) is 17.1 Å². The van der Waals surface area contributed by atoms with Crippen molar-refractivity contribution in [1.82, 2.24) is 0 Å². The lowest BCUT2D eigenvalue weighted by Gasteiger charge is -2.00. The van der Waals surface area contributed by atoms with Gasteiger partial charge in [0.15, 0.2) is 5.78 Å². The van der Waals surface area contributed by atoms with Crippen LogP contribution >= 0.6 is 15.9 Å². The molecule has 1 aromatic rings. The highest BCUT2D eigenvalue weighted by molar-refractivity contribution is 9.11. The van der Waals surface area contributed by atoms with E-state index in [1.807, 2.05) is 44.2 Å². The van der Waals surface area contributed by atoms with E-state index in [0.717, 1.165) is 22.0 Å². The van der Waals surface area contributed by atoms with Crippen LogP contribution in [0.5, 0.6) is 0 Å². The first-order valence-corrected chi connectivity index (χ1v) is 6.05. The second kappa shape index (κ2) is 5.86.